The van der Waals surface area contributed by atoms with E-state index in [4.69, 9.17) is 0 Å². The summed E-state index contributed by atoms with van der Waals surface area (Å²) in [5, 5.41) is 10.3. The molecule has 1 aliphatic carbocycles. The molecule has 1 fully saturated rings. The summed E-state index contributed by atoms with van der Waals surface area (Å²) < 4.78 is 17.6. The number of rotatable bonds is 9. The molecule has 3 aromatic heterocycles. The summed E-state index contributed by atoms with van der Waals surface area (Å²) in [7, 11) is 1.93. The van der Waals surface area contributed by atoms with Gasteiger partial charge in [0, 0.05) is 42.0 Å². The van der Waals surface area contributed by atoms with Crippen molar-refractivity contribution in [1.82, 2.24) is 14.5 Å². The molecule has 1 amide bonds. The van der Waals surface area contributed by atoms with Crippen LogP contribution in [0.25, 0.3) is 33.4 Å². The number of fused-ring (bicyclic) bond motifs is 1. The van der Waals surface area contributed by atoms with Crippen LogP contribution in [0.3, 0.4) is 0 Å². The van der Waals surface area contributed by atoms with Gasteiger partial charge >= 0.3 is 5.97 Å². The lowest BCUT2D eigenvalue weighted by Crippen LogP contribution is -2.39. The smallest absolute Gasteiger partial charge is 0.304 e. The zero-order valence-electron chi connectivity index (χ0n) is 21.8. The number of nitrogens with zero attached hydrogens (tertiary/aromatic N) is 4. The normalized spacial score (nSPS) is 13.8. The Kier molecular flexibility index (Phi) is 6.89. The van der Waals surface area contributed by atoms with Crippen LogP contribution in [-0.4, -0.2) is 37.6 Å². The van der Waals surface area contributed by atoms with E-state index >= 15 is 4.39 Å². The molecule has 3 heterocycles. The van der Waals surface area contributed by atoms with Crippen molar-refractivity contribution >= 4 is 39.4 Å². The SMILES string of the molecule is Cn1ccc2cc(-c3ccccc3-c3nc(N(C(=O)C(CC(=O)O)Cc4ccccc4)C4CC4)sc3F)cnc21. The molecule has 1 N–H and O–H groups in total. The molecule has 202 valence electrons. The van der Waals surface area contributed by atoms with E-state index in [-0.39, 0.29) is 35.6 Å². The number of pyridine rings is 1. The molecule has 0 aliphatic heterocycles. The Labute approximate surface area is 234 Å². The van der Waals surface area contributed by atoms with Crippen LogP contribution in [-0.2, 0) is 23.1 Å². The molecule has 0 bridgehead atoms. The van der Waals surface area contributed by atoms with E-state index in [1.807, 2.05) is 84.5 Å². The van der Waals surface area contributed by atoms with Crippen LogP contribution in [0.4, 0.5) is 9.52 Å². The summed E-state index contributed by atoms with van der Waals surface area (Å²) >= 11 is 0.827. The quantitative estimate of drug-likeness (QED) is 0.230. The molecule has 40 heavy (non-hydrogen) atoms. The number of aromatic nitrogens is 3. The molecular weight excluding hydrogens is 527 g/mol. The Morgan fingerprint density at radius 2 is 1.82 bits per heavy atom. The molecule has 0 radical (unpaired) electrons. The zero-order chi connectivity index (χ0) is 27.8. The van der Waals surface area contributed by atoms with Crippen molar-refractivity contribution < 1.29 is 19.1 Å². The maximum absolute atomic E-state index is 15.6. The highest BCUT2D eigenvalue weighted by Crippen LogP contribution is 2.41. The highest BCUT2D eigenvalue weighted by atomic mass is 32.1. The fraction of sp³-hybridized carbons (Fsp3) is 0.226. The number of carbonyl (C=O) groups excluding carboxylic acids is 1. The Morgan fingerprint density at radius 3 is 2.55 bits per heavy atom. The van der Waals surface area contributed by atoms with E-state index in [0.29, 0.717) is 5.56 Å². The summed E-state index contributed by atoms with van der Waals surface area (Å²) in [6, 6.07) is 20.7. The van der Waals surface area contributed by atoms with Gasteiger partial charge in [-0.05, 0) is 42.5 Å². The van der Waals surface area contributed by atoms with Crippen molar-refractivity contribution in [3.8, 4) is 22.4 Å². The summed E-state index contributed by atoms with van der Waals surface area (Å²) in [5.74, 6) is -2.16. The van der Waals surface area contributed by atoms with Crippen LogP contribution in [0.15, 0.2) is 79.1 Å². The van der Waals surface area contributed by atoms with Crippen LogP contribution in [0, 0.1) is 11.0 Å². The fourth-order valence-electron chi connectivity index (χ4n) is 5.12. The number of aryl methyl sites for hydroxylation is 1. The Hall–Kier alpha value is -4.37. The van der Waals surface area contributed by atoms with Crippen molar-refractivity contribution in [3.05, 3.63) is 89.8 Å². The highest BCUT2D eigenvalue weighted by Gasteiger charge is 2.40. The van der Waals surface area contributed by atoms with Crippen LogP contribution in [0.5, 0.6) is 0 Å². The first-order chi connectivity index (χ1) is 19.4. The van der Waals surface area contributed by atoms with Gasteiger partial charge in [0.15, 0.2) is 5.13 Å². The predicted molar refractivity (Wildman–Crippen MR) is 154 cm³/mol. The Morgan fingerprint density at radius 1 is 1.10 bits per heavy atom. The van der Waals surface area contributed by atoms with E-state index < -0.39 is 17.0 Å². The molecule has 1 unspecified atom stereocenters. The minimum atomic E-state index is -1.05. The molecule has 2 aromatic carbocycles. The fourth-order valence-corrected chi connectivity index (χ4v) is 6.01. The summed E-state index contributed by atoms with van der Waals surface area (Å²) in [5.41, 5.74) is 4.13. The number of benzene rings is 2. The number of carboxylic acid groups (broad SMARTS) is 1. The van der Waals surface area contributed by atoms with Gasteiger partial charge < -0.3 is 9.67 Å². The number of hydrogen-bond donors (Lipinski definition) is 1. The molecule has 1 saturated carbocycles. The molecule has 6 rings (SSSR count). The Balaban J connectivity index is 1.36. The number of hydrogen-bond acceptors (Lipinski definition) is 5. The molecular formula is C31H27FN4O3S. The van der Waals surface area contributed by atoms with E-state index in [9.17, 15) is 14.7 Å². The second kappa shape index (κ2) is 10.7. The lowest BCUT2D eigenvalue weighted by atomic mass is 9.94. The number of carboxylic acids is 1. The van der Waals surface area contributed by atoms with Gasteiger partial charge in [-0.2, -0.15) is 4.39 Å². The van der Waals surface area contributed by atoms with Crippen molar-refractivity contribution in [3.63, 3.8) is 0 Å². The summed E-state index contributed by atoms with van der Waals surface area (Å²) in [4.78, 5) is 36.3. The number of anilines is 1. The van der Waals surface area contributed by atoms with Crippen LogP contribution in [0.1, 0.15) is 24.8 Å². The van der Waals surface area contributed by atoms with Crippen molar-refractivity contribution in [1.29, 1.82) is 0 Å². The maximum atomic E-state index is 15.6. The molecule has 1 aliphatic rings. The number of carbonyl (C=O) groups is 2. The lowest BCUT2D eigenvalue weighted by molar-refractivity contribution is -0.140. The third kappa shape index (κ3) is 5.12. The maximum Gasteiger partial charge on any atom is 0.304 e. The van der Waals surface area contributed by atoms with Gasteiger partial charge in [-0.1, -0.05) is 65.9 Å². The van der Waals surface area contributed by atoms with E-state index in [1.54, 1.807) is 6.20 Å². The van der Waals surface area contributed by atoms with Gasteiger partial charge in [0.25, 0.3) is 0 Å². The van der Waals surface area contributed by atoms with Crippen molar-refractivity contribution in [2.75, 3.05) is 4.90 Å². The third-order valence-electron chi connectivity index (χ3n) is 7.23. The monoisotopic (exact) mass is 554 g/mol. The van der Waals surface area contributed by atoms with Gasteiger partial charge in [0.05, 0.1) is 12.3 Å². The molecule has 9 heteroatoms. The van der Waals surface area contributed by atoms with Gasteiger partial charge in [-0.15, -0.1) is 0 Å². The summed E-state index contributed by atoms with van der Waals surface area (Å²) in [6.45, 7) is 0. The first-order valence-electron chi connectivity index (χ1n) is 13.1. The molecule has 7 nitrogen and oxygen atoms in total. The van der Waals surface area contributed by atoms with Crippen molar-refractivity contribution in [2.24, 2.45) is 13.0 Å². The van der Waals surface area contributed by atoms with Crippen LogP contribution in [0.2, 0.25) is 0 Å². The van der Waals surface area contributed by atoms with E-state index in [0.717, 1.165) is 51.9 Å². The second-order valence-electron chi connectivity index (χ2n) is 10.2. The van der Waals surface area contributed by atoms with Crippen LogP contribution < -0.4 is 4.90 Å². The van der Waals surface area contributed by atoms with Gasteiger partial charge in [0.1, 0.15) is 11.3 Å². The van der Waals surface area contributed by atoms with Gasteiger partial charge in [-0.3, -0.25) is 14.5 Å². The largest absolute Gasteiger partial charge is 0.481 e. The zero-order valence-corrected chi connectivity index (χ0v) is 22.6. The number of aliphatic carboxylic acids is 1. The van der Waals surface area contributed by atoms with Gasteiger partial charge in [-0.25, -0.2) is 9.97 Å². The van der Waals surface area contributed by atoms with E-state index in [2.05, 4.69) is 9.97 Å². The second-order valence-corrected chi connectivity index (χ2v) is 11.1. The van der Waals surface area contributed by atoms with Gasteiger partial charge in [0.2, 0.25) is 11.0 Å². The van der Waals surface area contributed by atoms with Crippen molar-refractivity contribution in [2.45, 2.75) is 31.7 Å². The average molecular weight is 555 g/mol. The third-order valence-corrected chi connectivity index (χ3v) is 8.07. The number of halogens is 1. The number of thiazole rings is 1. The molecule has 1 atom stereocenters. The molecule has 5 aromatic rings. The number of amides is 1. The standard InChI is InChI=1S/C31H27FN4O3S/c1-35-14-13-20-16-22(18-33-29(20)35)24-9-5-6-10-25(24)27-28(32)40-31(34-27)36(23-11-12-23)30(39)21(17-26(37)38)15-19-7-3-2-4-8-19/h2-10,13-14,16,18,21,23H,11-12,15,17H2,1H3,(H,37,38). The topological polar surface area (TPSA) is 88.3 Å². The summed E-state index contributed by atoms with van der Waals surface area (Å²) in [6.07, 6.45) is 5.23. The Bertz CT molecular complexity index is 1710. The van der Waals surface area contributed by atoms with Crippen LogP contribution >= 0.6 is 11.3 Å². The first-order valence-corrected chi connectivity index (χ1v) is 14.0. The lowest BCUT2D eigenvalue weighted by Gasteiger charge is -2.24. The highest BCUT2D eigenvalue weighted by molar-refractivity contribution is 7.14. The minimum Gasteiger partial charge on any atom is -0.481 e. The predicted octanol–water partition coefficient (Wildman–Crippen LogP) is 6.33. The molecule has 0 saturated heterocycles. The van der Waals surface area contributed by atoms with E-state index in [1.165, 1.54) is 4.90 Å². The first kappa shape index (κ1) is 25.9. The average Bonchev–Trinajstić information content (AvgIpc) is 3.62. The minimum absolute atomic E-state index is 0.113. The molecule has 0 spiro atoms.